The lowest BCUT2D eigenvalue weighted by atomic mass is 9.94. The van der Waals surface area contributed by atoms with E-state index < -0.39 is 0 Å². The molecule has 2 aliphatic heterocycles. The standard InChI is InChI=1S/C19H27N3OS/c1-3-6-21-19(23)15-9-13(2)22-17-12-16(24-18(17)11-15)10-14-4-7-20-8-5-14/h11-12,14,20H,3-10H2,1-2H3,(H,21,23). The smallest absolute Gasteiger partial charge is 0.247 e. The Hall–Kier alpha value is -1.46. The highest BCUT2D eigenvalue weighted by molar-refractivity contribution is 7.13. The van der Waals surface area contributed by atoms with Crippen molar-refractivity contribution in [3.8, 4) is 0 Å². The fraction of sp³-hybridized carbons (Fsp3) is 0.579. The molecule has 1 amide bonds. The molecule has 3 rings (SSSR count). The molecule has 1 aromatic rings. The van der Waals surface area contributed by atoms with Crippen molar-refractivity contribution in [3.05, 3.63) is 21.4 Å². The maximum atomic E-state index is 12.4. The Balaban J connectivity index is 1.78. The van der Waals surface area contributed by atoms with Crippen molar-refractivity contribution >= 4 is 34.7 Å². The van der Waals surface area contributed by atoms with Gasteiger partial charge in [-0.2, -0.15) is 0 Å². The third kappa shape index (κ3) is 4.33. The number of carbonyl (C=O) groups is 1. The summed E-state index contributed by atoms with van der Waals surface area (Å²) in [6, 6.07) is 2.23. The average molecular weight is 346 g/mol. The molecule has 0 bridgehead atoms. The van der Waals surface area contributed by atoms with Crippen LogP contribution in [0.3, 0.4) is 0 Å². The monoisotopic (exact) mass is 345 g/mol. The number of piperidine rings is 1. The van der Waals surface area contributed by atoms with Crippen LogP contribution in [0.4, 0.5) is 5.69 Å². The molecule has 0 aromatic carbocycles. The van der Waals surface area contributed by atoms with Gasteiger partial charge in [0.25, 0.3) is 0 Å². The van der Waals surface area contributed by atoms with Crippen molar-refractivity contribution < 1.29 is 4.79 Å². The molecule has 5 heteroatoms. The summed E-state index contributed by atoms with van der Waals surface area (Å²) in [5.74, 6) is 0.822. The Morgan fingerprint density at radius 2 is 2.21 bits per heavy atom. The van der Waals surface area contributed by atoms with E-state index in [9.17, 15) is 4.79 Å². The number of fused-ring (bicyclic) bond motifs is 1. The van der Waals surface area contributed by atoms with E-state index >= 15 is 0 Å². The number of thiophene rings is 1. The van der Waals surface area contributed by atoms with Gasteiger partial charge in [-0.05, 0) is 63.8 Å². The molecule has 1 aromatic heterocycles. The Morgan fingerprint density at radius 3 is 2.96 bits per heavy atom. The summed E-state index contributed by atoms with van der Waals surface area (Å²) in [7, 11) is 0. The second kappa shape index (κ2) is 8.08. The topological polar surface area (TPSA) is 53.5 Å². The Bertz CT molecular complexity index is 654. The number of nitrogens with zero attached hydrogens (tertiary/aromatic N) is 1. The van der Waals surface area contributed by atoms with Crippen molar-refractivity contribution in [2.75, 3.05) is 19.6 Å². The second-order valence-corrected chi connectivity index (χ2v) is 7.98. The van der Waals surface area contributed by atoms with E-state index in [0.29, 0.717) is 6.42 Å². The molecule has 0 spiro atoms. The van der Waals surface area contributed by atoms with Crippen LogP contribution in [0.15, 0.2) is 16.6 Å². The summed E-state index contributed by atoms with van der Waals surface area (Å²) < 4.78 is 0. The van der Waals surface area contributed by atoms with Crippen LogP contribution in [0.2, 0.25) is 0 Å². The maximum absolute atomic E-state index is 12.4. The first-order valence-electron chi connectivity index (χ1n) is 9.02. The highest BCUT2D eigenvalue weighted by atomic mass is 32.1. The number of nitrogens with one attached hydrogen (secondary N) is 2. The summed E-state index contributed by atoms with van der Waals surface area (Å²) >= 11 is 1.81. The molecule has 2 aliphatic rings. The maximum Gasteiger partial charge on any atom is 0.247 e. The van der Waals surface area contributed by atoms with E-state index in [2.05, 4.69) is 29.7 Å². The van der Waals surface area contributed by atoms with Gasteiger partial charge in [-0.25, -0.2) is 0 Å². The summed E-state index contributed by atoms with van der Waals surface area (Å²) in [5.41, 5.74) is 2.89. The van der Waals surface area contributed by atoms with Crippen molar-refractivity contribution in [1.82, 2.24) is 10.6 Å². The fourth-order valence-electron chi connectivity index (χ4n) is 3.34. The minimum absolute atomic E-state index is 0.0487. The van der Waals surface area contributed by atoms with Gasteiger partial charge in [-0.3, -0.25) is 9.79 Å². The van der Waals surface area contributed by atoms with Crippen LogP contribution in [0.5, 0.6) is 0 Å². The van der Waals surface area contributed by atoms with Gasteiger partial charge in [0.2, 0.25) is 5.91 Å². The highest BCUT2D eigenvalue weighted by Crippen LogP contribution is 2.36. The lowest BCUT2D eigenvalue weighted by Crippen LogP contribution is -2.28. The van der Waals surface area contributed by atoms with Crippen LogP contribution < -0.4 is 10.6 Å². The van der Waals surface area contributed by atoms with E-state index in [1.54, 1.807) is 11.3 Å². The summed E-state index contributed by atoms with van der Waals surface area (Å²) in [6.45, 7) is 7.08. The first kappa shape index (κ1) is 17.4. The van der Waals surface area contributed by atoms with Gasteiger partial charge in [0.05, 0.1) is 10.6 Å². The number of rotatable bonds is 5. The molecule has 0 aliphatic carbocycles. The van der Waals surface area contributed by atoms with Gasteiger partial charge in [0.15, 0.2) is 0 Å². The lowest BCUT2D eigenvalue weighted by Gasteiger charge is -2.21. The minimum atomic E-state index is 0.0487. The summed E-state index contributed by atoms with van der Waals surface area (Å²) in [4.78, 5) is 19.6. The predicted molar refractivity (Wildman–Crippen MR) is 102 cm³/mol. The predicted octanol–water partition coefficient (Wildman–Crippen LogP) is 3.70. The van der Waals surface area contributed by atoms with Crippen LogP contribution in [-0.4, -0.2) is 31.3 Å². The molecule has 1 saturated heterocycles. The van der Waals surface area contributed by atoms with Crippen LogP contribution in [0.1, 0.15) is 49.3 Å². The normalized spacial score (nSPS) is 18.4. The van der Waals surface area contributed by atoms with E-state index in [-0.39, 0.29) is 5.91 Å². The quantitative estimate of drug-likeness (QED) is 0.855. The minimum Gasteiger partial charge on any atom is -0.352 e. The molecule has 0 saturated carbocycles. The Morgan fingerprint density at radius 1 is 1.42 bits per heavy atom. The fourth-order valence-corrected chi connectivity index (χ4v) is 4.52. The molecule has 0 atom stereocenters. The number of carbonyl (C=O) groups excluding carboxylic acids is 1. The SMILES string of the molecule is CCCNC(=O)C1=Cc2sc(CC3CCNCC3)cc2N=C(C)C1. The molecule has 3 heterocycles. The van der Waals surface area contributed by atoms with Gasteiger partial charge >= 0.3 is 0 Å². The van der Waals surface area contributed by atoms with E-state index in [1.165, 1.54) is 17.7 Å². The summed E-state index contributed by atoms with van der Waals surface area (Å²) in [6.07, 6.45) is 7.30. The first-order chi connectivity index (χ1) is 11.7. The molecular formula is C19H27N3OS. The van der Waals surface area contributed by atoms with Crippen LogP contribution in [0, 0.1) is 5.92 Å². The van der Waals surface area contributed by atoms with E-state index in [0.717, 1.165) is 60.2 Å². The third-order valence-corrected chi connectivity index (χ3v) is 5.72. The van der Waals surface area contributed by atoms with Gasteiger partial charge < -0.3 is 10.6 Å². The van der Waals surface area contributed by atoms with Crippen molar-refractivity contribution in [2.24, 2.45) is 10.9 Å². The summed E-state index contributed by atoms with van der Waals surface area (Å²) in [5, 5.41) is 6.42. The Kier molecular flexibility index (Phi) is 5.85. The van der Waals surface area contributed by atoms with Gasteiger partial charge in [0.1, 0.15) is 0 Å². The molecular weight excluding hydrogens is 318 g/mol. The molecule has 1 fully saturated rings. The Labute approximate surface area is 148 Å². The van der Waals surface area contributed by atoms with Crippen molar-refractivity contribution in [3.63, 3.8) is 0 Å². The number of hydrogen-bond donors (Lipinski definition) is 2. The van der Waals surface area contributed by atoms with Crippen molar-refractivity contribution in [2.45, 2.75) is 46.0 Å². The number of amides is 1. The number of aliphatic imine (C=N–C) groups is 1. The molecule has 130 valence electrons. The first-order valence-corrected chi connectivity index (χ1v) is 9.83. The largest absolute Gasteiger partial charge is 0.352 e. The van der Waals surface area contributed by atoms with Gasteiger partial charge in [-0.1, -0.05) is 6.92 Å². The molecule has 4 nitrogen and oxygen atoms in total. The third-order valence-electron chi connectivity index (χ3n) is 4.63. The molecule has 24 heavy (non-hydrogen) atoms. The van der Waals surface area contributed by atoms with Crippen molar-refractivity contribution in [1.29, 1.82) is 0 Å². The highest BCUT2D eigenvalue weighted by Gasteiger charge is 2.19. The molecule has 0 radical (unpaired) electrons. The van der Waals surface area contributed by atoms with E-state index in [1.807, 2.05) is 6.92 Å². The van der Waals surface area contributed by atoms with Crippen LogP contribution in [-0.2, 0) is 11.2 Å². The zero-order valence-electron chi connectivity index (χ0n) is 14.7. The lowest BCUT2D eigenvalue weighted by molar-refractivity contribution is -0.117. The zero-order chi connectivity index (χ0) is 16.9. The van der Waals surface area contributed by atoms with E-state index in [4.69, 9.17) is 4.99 Å². The van der Waals surface area contributed by atoms with Gasteiger partial charge in [-0.15, -0.1) is 11.3 Å². The zero-order valence-corrected chi connectivity index (χ0v) is 15.5. The second-order valence-electron chi connectivity index (χ2n) is 6.81. The average Bonchev–Trinajstić information content (AvgIpc) is 2.86. The number of hydrogen-bond acceptors (Lipinski definition) is 4. The van der Waals surface area contributed by atoms with Gasteiger partial charge in [0, 0.05) is 29.1 Å². The molecule has 2 N–H and O–H groups in total. The van der Waals surface area contributed by atoms with Crippen LogP contribution >= 0.6 is 11.3 Å². The van der Waals surface area contributed by atoms with Crippen LogP contribution in [0.25, 0.3) is 6.08 Å². The molecule has 0 unspecified atom stereocenters.